The van der Waals surface area contributed by atoms with E-state index < -0.39 is 6.10 Å². The van der Waals surface area contributed by atoms with Crippen molar-refractivity contribution in [3.8, 4) is 0 Å². The van der Waals surface area contributed by atoms with Gasteiger partial charge in [0.1, 0.15) is 12.4 Å². The van der Waals surface area contributed by atoms with Crippen molar-refractivity contribution in [1.29, 1.82) is 0 Å². The molecule has 1 unspecified atom stereocenters. The normalized spacial score (nSPS) is 18.9. The monoisotopic (exact) mass is 229 g/mol. The number of hydrogen-bond donors (Lipinski definition) is 1. The van der Waals surface area contributed by atoms with Crippen molar-refractivity contribution in [2.24, 2.45) is 7.05 Å². The Balaban J connectivity index is 1.97. The minimum Gasteiger partial charge on any atom is -0.384 e. The second-order valence-electron chi connectivity index (χ2n) is 4.67. The van der Waals surface area contributed by atoms with Crippen LogP contribution in [0.15, 0.2) is 36.7 Å². The molecule has 4 nitrogen and oxygen atoms in total. The molecule has 1 saturated carbocycles. The second-order valence-corrected chi connectivity index (χ2v) is 4.67. The highest BCUT2D eigenvalue weighted by atomic mass is 16.3. The molecule has 0 aliphatic heterocycles. The largest absolute Gasteiger partial charge is 0.384 e. The molecule has 1 atom stereocenters. The van der Waals surface area contributed by atoms with E-state index >= 15 is 0 Å². The van der Waals surface area contributed by atoms with Crippen molar-refractivity contribution in [2.75, 3.05) is 0 Å². The van der Waals surface area contributed by atoms with Gasteiger partial charge in [-0.2, -0.15) is 5.10 Å². The number of aliphatic hydroxyl groups excluding tert-OH is 1. The molecule has 1 aliphatic carbocycles. The van der Waals surface area contributed by atoms with Gasteiger partial charge in [0.25, 0.3) is 0 Å². The van der Waals surface area contributed by atoms with Gasteiger partial charge >= 0.3 is 0 Å². The Hall–Kier alpha value is -1.68. The molecule has 0 radical (unpaired) electrons. The SMILES string of the molecule is Cn1ncnc1C(O)C1(c2ccccc2)CC1. The van der Waals surface area contributed by atoms with Crippen molar-refractivity contribution < 1.29 is 5.11 Å². The topological polar surface area (TPSA) is 50.9 Å². The van der Waals surface area contributed by atoms with Gasteiger partial charge in [-0.05, 0) is 18.4 Å². The van der Waals surface area contributed by atoms with Crippen LogP contribution in [-0.2, 0) is 12.5 Å². The molecular formula is C13H15N3O. The molecule has 3 rings (SSSR count). The van der Waals surface area contributed by atoms with Crippen molar-refractivity contribution >= 4 is 0 Å². The van der Waals surface area contributed by atoms with Gasteiger partial charge in [0, 0.05) is 12.5 Å². The fourth-order valence-corrected chi connectivity index (χ4v) is 2.42. The highest BCUT2D eigenvalue weighted by Gasteiger charge is 2.52. The molecule has 0 saturated heterocycles. The predicted molar refractivity (Wildman–Crippen MR) is 63.3 cm³/mol. The van der Waals surface area contributed by atoms with E-state index in [1.807, 2.05) is 25.2 Å². The molecular weight excluding hydrogens is 214 g/mol. The highest BCUT2D eigenvalue weighted by Crippen LogP contribution is 2.55. The van der Waals surface area contributed by atoms with E-state index in [2.05, 4.69) is 22.2 Å². The Kier molecular flexibility index (Phi) is 2.26. The molecule has 4 heteroatoms. The molecule has 0 bridgehead atoms. The zero-order chi connectivity index (χ0) is 11.9. The summed E-state index contributed by atoms with van der Waals surface area (Å²) < 4.78 is 1.65. The van der Waals surface area contributed by atoms with Crippen LogP contribution in [0.4, 0.5) is 0 Å². The lowest BCUT2D eigenvalue weighted by molar-refractivity contribution is 0.119. The maximum absolute atomic E-state index is 10.5. The maximum Gasteiger partial charge on any atom is 0.156 e. The van der Waals surface area contributed by atoms with Crippen molar-refractivity contribution in [2.45, 2.75) is 24.4 Å². The first kappa shape index (κ1) is 10.5. The Morgan fingerprint density at radius 2 is 2.00 bits per heavy atom. The third kappa shape index (κ3) is 1.56. The zero-order valence-corrected chi connectivity index (χ0v) is 9.74. The van der Waals surface area contributed by atoms with Crippen LogP contribution < -0.4 is 0 Å². The summed E-state index contributed by atoms with van der Waals surface area (Å²) in [5.74, 6) is 0.645. The summed E-state index contributed by atoms with van der Waals surface area (Å²) in [7, 11) is 1.81. The van der Waals surface area contributed by atoms with Crippen molar-refractivity contribution in [3.05, 3.63) is 48.0 Å². The van der Waals surface area contributed by atoms with Crippen LogP contribution in [0.25, 0.3) is 0 Å². The number of aromatic nitrogens is 3. The van der Waals surface area contributed by atoms with Crippen LogP contribution in [0.2, 0.25) is 0 Å². The molecule has 17 heavy (non-hydrogen) atoms. The zero-order valence-electron chi connectivity index (χ0n) is 9.74. The van der Waals surface area contributed by atoms with E-state index in [0.29, 0.717) is 5.82 Å². The molecule has 2 aromatic rings. The Morgan fingerprint density at radius 1 is 1.29 bits per heavy atom. The number of aryl methyl sites for hydroxylation is 1. The van der Waals surface area contributed by atoms with E-state index in [1.165, 1.54) is 11.9 Å². The molecule has 1 aromatic carbocycles. The van der Waals surface area contributed by atoms with Gasteiger partial charge in [-0.1, -0.05) is 30.3 Å². The number of benzene rings is 1. The lowest BCUT2D eigenvalue weighted by Crippen LogP contribution is -2.21. The van der Waals surface area contributed by atoms with Crippen molar-refractivity contribution in [3.63, 3.8) is 0 Å². The average Bonchev–Trinajstić information content (AvgIpc) is 3.07. The van der Waals surface area contributed by atoms with Crippen molar-refractivity contribution in [1.82, 2.24) is 14.8 Å². The van der Waals surface area contributed by atoms with E-state index in [4.69, 9.17) is 0 Å². The molecule has 88 valence electrons. The van der Waals surface area contributed by atoms with E-state index in [1.54, 1.807) is 4.68 Å². The Labute approximate surface area is 99.9 Å². The summed E-state index contributed by atoms with van der Waals surface area (Å²) in [6.07, 6.45) is 2.92. The summed E-state index contributed by atoms with van der Waals surface area (Å²) in [6, 6.07) is 10.2. The lowest BCUT2D eigenvalue weighted by atomic mass is 9.89. The molecule has 1 aliphatic rings. The molecule has 0 amide bonds. The van der Waals surface area contributed by atoms with Gasteiger partial charge in [0.2, 0.25) is 0 Å². The molecule has 1 N–H and O–H groups in total. The maximum atomic E-state index is 10.5. The number of nitrogens with zero attached hydrogens (tertiary/aromatic N) is 3. The summed E-state index contributed by atoms with van der Waals surface area (Å²) in [6.45, 7) is 0. The quantitative estimate of drug-likeness (QED) is 0.869. The second kappa shape index (κ2) is 3.67. The lowest BCUT2D eigenvalue weighted by Gasteiger charge is -2.21. The Morgan fingerprint density at radius 3 is 2.53 bits per heavy atom. The number of aliphatic hydroxyl groups is 1. The third-order valence-electron chi connectivity index (χ3n) is 3.65. The van der Waals surface area contributed by atoms with Gasteiger partial charge in [-0.3, -0.25) is 4.68 Å². The minimum atomic E-state index is -0.572. The van der Waals surface area contributed by atoms with E-state index in [9.17, 15) is 5.11 Å². The van der Waals surface area contributed by atoms with Crippen LogP contribution in [0.1, 0.15) is 30.3 Å². The predicted octanol–water partition coefficient (Wildman–Crippen LogP) is 1.58. The fourth-order valence-electron chi connectivity index (χ4n) is 2.42. The van der Waals surface area contributed by atoms with Gasteiger partial charge in [0.05, 0.1) is 0 Å². The van der Waals surface area contributed by atoms with Gasteiger partial charge in [0.15, 0.2) is 5.82 Å². The summed E-state index contributed by atoms with van der Waals surface area (Å²) in [5.41, 5.74) is 1.04. The average molecular weight is 229 g/mol. The van der Waals surface area contributed by atoms with Crippen LogP contribution >= 0.6 is 0 Å². The van der Waals surface area contributed by atoms with Gasteiger partial charge in [-0.25, -0.2) is 4.98 Å². The van der Waals surface area contributed by atoms with Gasteiger partial charge < -0.3 is 5.11 Å². The number of rotatable bonds is 3. The van der Waals surface area contributed by atoms with Gasteiger partial charge in [-0.15, -0.1) is 0 Å². The standard InChI is InChI=1S/C13H15N3O/c1-16-12(14-9-15-16)11(17)13(7-8-13)10-5-3-2-4-6-10/h2-6,9,11,17H,7-8H2,1H3. The Bertz CT molecular complexity index is 516. The molecule has 1 heterocycles. The smallest absolute Gasteiger partial charge is 0.156 e. The van der Waals surface area contributed by atoms with Crippen LogP contribution in [0.5, 0.6) is 0 Å². The van der Waals surface area contributed by atoms with Crippen LogP contribution in [0, 0.1) is 0 Å². The van der Waals surface area contributed by atoms with Crippen LogP contribution in [0.3, 0.4) is 0 Å². The van der Waals surface area contributed by atoms with Crippen LogP contribution in [-0.4, -0.2) is 19.9 Å². The van der Waals surface area contributed by atoms with E-state index in [-0.39, 0.29) is 5.41 Å². The summed E-state index contributed by atoms with van der Waals surface area (Å²) in [4.78, 5) is 4.15. The molecule has 1 fully saturated rings. The fraction of sp³-hybridized carbons (Fsp3) is 0.385. The third-order valence-corrected chi connectivity index (χ3v) is 3.65. The number of hydrogen-bond acceptors (Lipinski definition) is 3. The first-order chi connectivity index (χ1) is 8.24. The molecule has 1 aromatic heterocycles. The minimum absolute atomic E-state index is 0.151. The highest BCUT2D eigenvalue weighted by molar-refractivity contribution is 5.34. The summed E-state index contributed by atoms with van der Waals surface area (Å²) in [5, 5.41) is 14.5. The summed E-state index contributed by atoms with van der Waals surface area (Å²) >= 11 is 0. The first-order valence-electron chi connectivity index (χ1n) is 5.81. The van der Waals surface area contributed by atoms with E-state index in [0.717, 1.165) is 12.8 Å². The first-order valence-corrected chi connectivity index (χ1v) is 5.81. The molecule has 0 spiro atoms.